The summed E-state index contributed by atoms with van der Waals surface area (Å²) in [6.07, 6.45) is 0. The van der Waals surface area contributed by atoms with E-state index in [2.05, 4.69) is 5.32 Å². The minimum Gasteiger partial charge on any atom is -0.494 e. The van der Waals surface area contributed by atoms with E-state index in [0.717, 1.165) is 0 Å². The van der Waals surface area contributed by atoms with Crippen molar-refractivity contribution in [1.82, 2.24) is 14.5 Å². The number of methoxy groups -OCH3 is 1. The first-order chi connectivity index (χ1) is 12.9. The molecule has 2 rings (SSSR count). The van der Waals surface area contributed by atoms with E-state index in [1.165, 1.54) is 4.31 Å². The third-order valence-electron chi connectivity index (χ3n) is 4.58. The van der Waals surface area contributed by atoms with E-state index in [-0.39, 0.29) is 16.8 Å². The number of carbonyl (C=O) groups excluding carboxylic acids is 1. The summed E-state index contributed by atoms with van der Waals surface area (Å²) in [5, 5.41) is 2.81. The molecule has 0 aliphatic carbocycles. The molecule has 1 fully saturated rings. The molecular weight excluding hydrogens is 370 g/mol. The molecule has 0 unspecified atom stereocenters. The van der Waals surface area contributed by atoms with E-state index < -0.39 is 10.0 Å². The van der Waals surface area contributed by atoms with E-state index >= 15 is 0 Å². The average molecular weight is 400 g/mol. The molecule has 1 N–H and O–H groups in total. The van der Waals surface area contributed by atoms with Gasteiger partial charge in [0.05, 0.1) is 24.2 Å². The van der Waals surface area contributed by atoms with Gasteiger partial charge in [-0.3, -0.25) is 9.69 Å². The fraction of sp³-hybridized carbons (Fsp3) is 0.611. The van der Waals surface area contributed by atoms with Crippen LogP contribution >= 0.6 is 0 Å². The summed E-state index contributed by atoms with van der Waals surface area (Å²) in [6.45, 7) is 6.89. The molecule has 0 aromatic heterocycles. The van der Waals surface area contributed by atoms with Crippen LogP contribution in [-0.2, 0) is 19.6 Å². The highest BCUT2D eigenvalue weighted by Crippen LogP contribution is 2.21. The monoisotopic (exact) mass is 399 g/mol. The number of nitrogens with zero attached hydrogens (tertiary/aromatic N) is 2. The summed E-state index contributed by atoms with van der Waals surface area (Å²) in [6, 6.07) is 6.16. The van der Waals surface area contributed by atoms with Gasteiger partial charge in [-0.2, -0.15) is 4.31 Å². The highest BCUT2D eigenvalue weighted by molar-refractivity contribution is 7.89. The molecule has 152 valence electrons. The maximum atomic E-state index is 12.8. The van der Waals surface area contributed by atoms with Crippen LogP contribution in [0.5, 0.6) is 5.75 Å². The van der Waals surface area contributed by atoms with Gasteiger partial charge in [-0.05, 0) is 38.1 Å². The Hall–Kier alpha value is -1.68. The lowest BCUT2D eigenvalue weighted by atomic mass is 10.2. The normalized spacial score (nSPS) is 17.4. The number of nitrogens with one attached hydrogen (secondary N) is 1. The molecule has 9 heteroatoms. The molecule has 1 atom stereocenters. The number of hydrogen-bond donors (Lipinski definition) is 1. The van der Waals surface area contributed by atoms with Gasteiger partial charge < -0.3 is 14.8 Å². The first-order valence-electron chi connectivity index (χ1n) is 9.14. The van der Waals surface area contributed by atoms with Crippen molar-refractivity contribution < 1.29 is 22.7 Å². The second kappa shape index (κ2) is 10.0. The van der Waals surface area contributed by atoms with Gasteiger partial charge in [0.1, 0.15) is 5.75 Å². The summed E-state index contributed by atoms with van der Waals surface area (Å²) in [7, 11) is -1.96. The van der Waals surface area contributed by atoms with Crippen molar-refractivity contribution in [2.45, 2.75) is 24.8 Å². The van der Waals surface area contributed by atoms with Gasteiger partial charge in [-0.25, -0.2) is 8.42 Å². The van der Waals surface area contributed by atoms with Gasteiger partial charge in [0.15, 0.2) is 0 Å². The summed E-state index contributed by atoms with van der Waals surface area (Å²) in [5.41, 5.74) is 0. The van der Waals surface area contributed by atoms with Crippen molar-refractivity contribution in [3.8, 4) is 5.75 Å². The number of sulfonamides is 1. The Labute approximate surface area is 161 Å². The maximum absolute atomic E-state index is 12.8. The van der Waals surface area contributed by atoms with E-state index in [9.17, 15) is 13.2 Å². The Morgan fingerprint density at radius 2 is 1.81 bits per heavy atom. The van der Waals surface area contributed by atoms with E-state index in [1.54, 1.807) is 31.4 Å². The molecular formula is C18H29N3O5S. The predicted molar refractivity (Wildman–Crippen MR) is 102 cm³/mol. The van der Waals surface area contributed by atoms with Gasteiger partial charge in [-0.1, -0.05) is 0 Å². The lowest BCUT2D eigenvalue weighted by Gasteiger charge is -2.36. The highest BCUT2D eigenvalue weighted by atomic mass is 32.2. The van der Waals surface area contributed by atoms with Crippen molar-refractivity contribution in [1.29, 1.82) is 0 Å². The van der Waals surface area contributed by atoms with Crippen LogP contribution in [0.1, 0.15) is 13.8 Å². The molecule has 1 aromatic carbocycles. The van der Waals surface area contributed by atoms with Gasteiger partial charge in [-0.15, -0.1) is 0 Å². The smallest absolute Gasteiger partial charge is 0.243 e. The lowest BCUT2D eigenvalue weighted by molar-refractivity contribution is -0.126. The van der Waals surface area contributed by atoms with E-state index in [0.29, 0.717) is 51.7 Å². The SMILES string of the molecule is CCOc1ccc(S(=O)(=O)N2CCN([C@H](C)C(=O)NCCOC)CC2)cc1. The second-order valence-electron chi connectivity index (χ2n) is 6.30. The minimum atomic E-state index is -3.55. The van der Waals surface area contributed by atoms with Crippen LogP contribution in [0.15, 0.2) is 29.2 Å². The predicted octanol–water partition coefficient (Wildman–Crippen LogP) is 0.543. The van der Waals surface area contributed by atoms with E-state index in [4.69, 9.17) is 9.47 Å². The van der Waals surface area contributed by atoms with Crippen LogP contribution in [0, 0.1) is 0 Å². The quantitative estimate of drug-likeness (QED) is 0.610. The zero-order valence-corrected chi connectivity index (χ0v) is 17.0. The number of ether oxygens (including phenoxy) is 2. The van der Waals surface area contributed by atoms with Gasteiger partial charge in [0, 0.05) is 39.8 Å². The molecule has 8 nitrogen and oxygen atoms in total. The Bertz CT molecular complexity index is 700. The molecule has 0 radical (unpaired) electrons. The average Bonchev–Trinajstić information content (AvgIpc) is 2.68. The van der Waals surface area contributed by atoms with Crippen LogP contribution in [0.25, 0.3) is 0 Å². The molecule has 1 amide bonds. The van der Waals surface area contributed by atoms with Crippen molar-refractivity contribution >= 4 is 15.9 Å². The number of rotatable bonds is 9. The Kier molecular flexibility index (Phi) is 8.03. The van der Waals surface area contributed by atoms with Gasteiger partial charge in [0.2, 0.25) is 15.9 Å². The number of piperazine rings is 1. The van der Waals surface area contributed by atoms with Crippen LogP contribution in [0.4, 0.5) is 0 Å². The number of carbonyl (C=O) groups is 1. The molecule has 1 aliphatic rings. The molecule has 1 heterocycles. The molecule has 0 saturated carbocycles. The first-order valence-corrected chi connectivity index (χ1v) is 10.6. The zero-order valence-electron chi connectivity index (χ0n) is 16.2. The van der Waals surface area contributed by atoms with Crippen LogP contribution < -0.4 is 10.1 Å². The first kappa shape index (κ1) is 21.6. The molecule has 1 saturated heterocycles. The maximum Gasteiger partial charge on any atom is 0.243 e. The van der Waals surface area contributed by atoms with Crippen molar-refractivity contribution in [2.24, 2.45) is 0 Å². The standard InChI is InChI=1S/C18H29N3O5S/c1-4-26-16-5-7-17(8-6-16)27(23,24)21-12-10-20(11-13-21)15(2)18(22)19-9-14-25-3/h5-8,15H,4,9-14H2,1-3H3,(H,19,22)/t15-/m1/s1. The number of benzene rings is 1. The Morgan fingerprint density at radius 1 is 1.19 bits per heavy atom. The highest BCUT2D eigenvalue weighted by Gasteiger charge is 2.31. The Balaban J connectivity index is 1.92. The topological polar surface area (TPSA) is 88.2 Å². The van der Waals surface area contributed by atoms with Crippen molar-refractivity contribution in [2.75, 3.05) is 53.0 Å². The van der Waals surface area contributed by atoms with Crippen molar-refractivity contribution in [3.05, 3.63) is 24.3 Å². The summed E-state index contributed by atoms with van der Waals surface area (Å²) in [5.74, 6) is 0.574. The fourth-order valence-electron chi connectivity index (χ4n) is 2.94. The summed E-state index contributed by atoms with van der Waals surface area (Å²) in [4.78, 5) is 14.4. The number of amides is 1. The number of hydrogen-bond acceptors (Lipinski definition) is 6. The van der Waals surface area contributed by atoms with Gasteiger partial charge in [0.25, 0.3) is 0 Å². The Morgan fingerprint density at radius 3 is 2.37 bits per heavy atom. The van der Waals surface area contributed by atoms with Crippen LogP contribution in [-0.4, -0.2) is 82.6 Å². The summed E-state index contributed by atoms with van der Waals surface area (Å²) >= 11 is 0. The minimum absolute atomic E-state index is 0.0742. The van der Waals surface area contributed by atoms with Gasteiger partial charge >= 0.3 is 0 Å². The molecule has 27 heavy (non-hydrogen) atoms. The lowest BCUT2D eigenvalue weighted by Crippen LogP contribution is -2.55. The third-order valence-corrected chi connectivity index (χ3v) is 6.49. The van der Waals surface area contributed by atoms with Crippen molar-refractivity contribution in [3.63, 3.8) is 0 Å². The van der Waals surface area contributed by atoms with E-state index in [1.807, 2.05) is 18.7 Å². The second-order valence-corrected chi connectivity index (χ2v) is 8.24. The fourth-order valence-corrected chi connectivity index (χ4v) is 4.37. The molecule has 1 aromatic rings. The van der Waals surface area contributed by atoms with Crippen LogP contribution in [0.3, 0.4) is 0 Å². The molecule has 1 aliphatic heterocycles. The third kappa shape index (κ3) is 5.65. The molecule has 0 spiro atoms. The summed E-state index contributed by atoms with van der Waals surface area (Å²) < 4.78 is 37.4. The van der Waals surface area contributed by atoms with Crippen LogP contribution in [0.2, 0.25) is 0 Å². The largest absolute Gasteiger partial charge is 0.494 e. The molecule has 0 bridgehead atoms. The zero-order chi connectivity index (χ0) is 19.9.